The number of hydrogen-bond acceptors (Lipinski definition) is 3. The quantitative estimate of drug-likeness (QED) is 0.660. The number of hydrogen-bond donors (Lipinski definition) is 1. The molecule has 0 bridgehead atoms. The van der Waals surface area contributed by atoms with E-state index in [0.717, 1.165) is 16.7 Å². The van der Waals surface area contributed by atoms with Crippen LogP contribution in [-0.4, -0.2) is 34.9 Å². The summed E-state index contributed by atoms with van der Waals surface area (Å²) in [4.78, 5) is 27.6. The minimum absolute atomic E-state index is 0.122. The van der Waals surface area contributed by atoms with Gasteiger partial charge in [-0.2, -0.15) is 0 Å². The summed E-state index contributed by atoms with van der Waals surface area (Å²) in [7, 11) is 0. The van der Waals surface area contributed by atoms with Gasteiger partial charge in [0, 0.05) is 12.1 Å². The molecule has 168 valence electrons. The second-order valence-corrected chi connectivity index (χ2v) is 9.41. The molecular weight excluding hydrogens is 388 g/mol. The smallest absolute Gasteiger partial charge is 0.261 e. The van der Waals surface area contributed by atoms with Crippen molar-refractivity contribution in [2.75, 3.05) is 6.61 Å². The number of aryl methyl sites for hydroxylation is 1. The van der Waals surface area contributed by atoms with Gasteiger partial charge in [-0.05, 0) is 57.7 Å². The summed E-state index contributed by atoms with van der Waals surface area (Å²) < 4.78 is 5.91. The van der Waals surface area contributed by atoms with Crippen molar-refractivity contribution in [2.24, 2.45) is 0 Å². The van der Waals surface area contributed by atoms with Gasteiger partial charge in [0.25, 0.3) is 5.91 Å². The summed E-state index contributed by atoms with van der Waals surface area (Å²) in [5.41, 5.74) is 2.76. The first-order chi connectivity index (χ1) is 14.5. The molecule has 0 aliphatic carbocycles. The Balaban J connectivity index is 2.22. The average Bonchev–Trinajstić information content (AvgIpc) is 2.68. The lowest BCUT2D eigenvalue weighted by molar-refractivity contribution is -0.142. The van der Waals surface area contributed by atoms with Crippen LogP contribution >= 0.6 is 0 Å². The molecule has 0 radical (unpaired) electrons. The van der Waals surface area contributed by atoms with E-state index in [1.807, 2.05) is 76.2 Å². The topological polar surface area (TPSA) is 58.6 Å². The number of carbonyl (C=O) groups is 2. The van der Waals surface area contributed by atoms with E-state index in [1.165, 1.54) is 0 Å². The molecule has 31 heavy (non-hydrogen) atoms. The van der Waals surface area contributed by atoms with Crippen molar-refractivity contribution in [3.05, 3.63) is 65.2 Å². The van der Waals surface area contributed by atoms with Gasteiger partial charge < -0.3 is 15.0 Å². The fraction of sp³-hybridized carbons (Fsp3) is 0.462. The molecule has 0 spiro atoms. The van der Waals surface area contributed by atoms with Crippen molar-refractivity contribution >= 4 is 11.8 Å². The van der Waals surface area contributed by atoms with E-state index in [1.54, 1.807) is 11.8 Å². The van der Waals surface area contributed by atoms with Crippen LogP contribution in [0.2, 0.25) is 0 Å². The van der Waals surface area contributed by atoms with Crippen LogP contribution in [0.4, 0.5) is 0 Å². The zero-order valence-electron chi connectivity index (χ0n) is 19.9. The van der Waals surface area contributed by atoms with Crippen LogP contribution in [-0.2, 0) is 16.1 Å². The minimum Gasteiger partial charge on any atom is -0.483 e. The van der Waals surface area contributed by atoms with E-state index < -0.39 is 6.04 Å². The maximum Gasteiger partial charge on any atom is 0.261 e. The number of rotatable bonds is 8. The molecule has 5 heteroatoms. The molecule has 1 unspecified atom stereocenters. The molecule has 0 aromatic heterocycles. The van der Waals surface area contributed by atoms with Gasteiger partial charge in [-0.15, -0.1) is 0 Å². The predicted octanol–water partition coefficient (Wildman–Crippen LogP) is 4.83. The second-order valence-electron chi connectivity index (χ2n) is 9.41. The molecule has 0 saturated carbocycles. The molecule has 0 heterocycles. The summed E-state index contributed by atoms with van der Waals surface area (Å²) in [6, 6.07) is 15.1. The Morgan fingerprint density at radius 3 is 2.32 bits per heavy atom. The van der Waals surface area contributed by atoms with E-state index in [2.05, 4.69) is 19.2 Å². The molecule has 2 aromatic rings. The first kappa shape index (κ1) is 24.4. The number of nitrogens with zero attached hydrogens (tertiary/aromatic N) is 1. The minimum atomic E-state index is -0.629. The number of carbonyl (C=O) groups excluding carboxylic acids is 2. The van der Waals surface area contributed by atoms with Crippen LogP contribution in [0.15, 0.2) is 48.5 Å². The number of para-hydroxylation sites is 1. The van der Waals surface area contributed by atoms with Gasteiger partial charge >= 0.3 is 0 Å². The van der Waals surface area contributed by atoms with Gasteiger partial charge in [-0.25, -0.2) is 0 Å². The Bertz CT molecular complexity index is 900. The number of amides is 2. The molecule has 0 fully saturated rings. The highest BCUT2D eigenvalue weighted by atomic mass is 16.5. The van der Waals surface area contributed by atoms with Gasteiger partial charge in [0.1, 0.15) is 11.8 Å². The highest BCUT2D eigenvalue weighted by Gasteiger charge is 2.28. The Hall–Kier alpha value is -2.82. The van der Waals surface area contributed by atoms with Crippen LogP contribution < -0.4 is 10.1 Å². The van der Waals surface area contributed by atoms with E-state index in [9.17, 15) is 9.59 Å². The van der Waals surface area contributed by atoms with Crippen LogP contribution in [0.1, 0.15) is 64.2 Å². The van der Waals surface area contributed by atoms with Crippen molar-refractivity contribution < 1.29 is 14.3 Å². The van der Waals surface area contributed by atoms with Crippen LogP contribution in [0.3, 0.4) is 0 Å². The van der Waals surface area contributed by atoms with Crippen molar-refractivity contribution in [1.29, 1.82) is 0 Å². The fourth-order valence-corrected chi connectivity index (χ4v) is 3.38. The van der Waals surface area contributed by atoms with E-state index in [-0.39, 0.29) is 29.9 Å². The maximum absolute atomic E-state index is 13.2. The first-order valence-electron chi connectivity index (χ1n) is 10.9. The molecule has 0 saturated heterocycles. The fourth-order valence-electron chi connectivity index (χ4n) is 3.38. The van der Waals surface area contributed by atoms with Gasteiger partial charge in [-0.1, -0.05) is 61.9 Å². The third-order valence-corrected chi connectivity index (χ3v) is 4.99. The third kappa shape index (κ3) is 7.42. The van der Waals surface area contributed by atoms with Crippen LogP contribution in [0.5, 0.6) is 5.75 Å². The molecule has 0 aliphatic heterocycles. The molecule has 0 aliphatic rings. The SMILES string of the molecule is Cc1cccc(CN(C(=O)COc2ccccc2C(C)C)C(C)C(=O)NC(C)(C)C)c1. The summed E-state index contributed by atoms with van der Waals surface area (Å²) in [6.07, 6.45) is 0. The Kier molecular flexibility index (Phi) is 8.26. The highest BCUT2D eigenvalue weighted by molar-refractivity contribution is 5.88. The summed E-state index contributed by atoms with van der Waals surface area (Å²) in [5, 5.41) is 2.98. The highest BCUT2D eigenvalue weighted by Crippen LogP contribution is 2.26. The van der Waals surface area contributed by atoms with Crippen molar-refractivity contribution in [2.45, 2.75) is 72.5 Å². The molecule has 1 N–H and O–H groups in total. The number of nitrogens with one attached hydrogen (secondary N) is 1. The zero-order valence-corrected chi connectivity index (χ0v) is 19.9. The lowest BCUT2D eigenvalue weighted by Gasteiger charge is -2.31. The summed E-state index contributed by atoms with van der Waals surface area (Å²) in [6.45, 7) is 14.0. The third-order valence-electron chi connectivity index (χ3n) is 4.99. The molecular formula is C26H36N2O3. The Morgan fingerprint density at radius 2 is 1.71 bits per heavy atom. The van der Waals surface area contributed by atoms with Crippen molar-refractivity contribution in [3.8, 4) is 5.75 Å². The molecule has 2 amide bonds. The average molecular weight is 425 g/mol. The monoisotopic (exact) mass is 424 g/mol. The summed E-state index contributed by atoms with van der Waals surface area (Å²) >= 11 is 0. The van der Waals surface area contributed by atoms with E-state index in [4.69, 9.17) is 4.74 Å². The normalized spacial score (nSPS) is 12.4. The zero-order chi connectivity index (χ0) is 23.2. The number of benzene rings is 2. The molecule has 2 aromatic carbocycles. The van der Waals surface area contributed by atoms with Crippen LogP contribution in [0.25, 0.3) is 0 Å². The predicted molar refractivity (Wildman–Crippen MR) is 125 cm³/mol. The van der Waals surface area contributed by atoms with Crippen molar-refractivity contribution in [1.82, 2.24) is 10.2 Å². The Morgan fingerprint density at radius 1 is 1.03 bits per heavy atom. The number of ether oxygens (including phenoxy) is 1. The standard InChI is InChI=1S/C26H36N2O3/c1-18(2)22-13-8-9-14-23(22)31-17-24(29)28(16-21-12-10-11-19(3)15-21)20(4)25(30)27-26(5,6)7/h8-15,18,20H,16-17H2,1-7H3,(H,27,30). The van der Waals surface area contributed by atoms with Gasteiger partial charge in [0.05, 0.1) is 0 Å². The summed E-state index contributed by atoms with van der Waals surface area (Å²) in [5.74, 6) is 0.576. The molecule has 1 atom stereocenters. The molecule has 5 nitrogen and oxygen atoms in total. The van der Waals surface area contributed by atoms with Gasteiger partial charge in [-0.3, -0.25) is 9.59 Å². The van der Waals surface area contributed by atoms with E-state index in [0.29, 0.717) is 12.3 Å². The first-order valence-corrected chi connectivity index (χ1v) is 10.9. The second kappa shape index (κ2) is 10.5. The lowest BCUT2D eigenvalue weighted by Crippen LogP contribution is -2.53. The van der Waals surface area contributed by atoms with Gasteiger partial charge in [0.15, 0.2) is 6.61 Å². The van der Waals surface area contributed by atoms with Gasteiger partial charge in [0.2, 0.25) is 5.91 Å². The largest absolute Gasteiger partial charge is 0.483 e. The van der Waals surface area contributed by atoms with E-state index >= 15 is 0 Å². The Labute approximate surface area is 186 Å². The van der Waals surface area contributed by atoms with Crippen LogP contribution in [0, 0.1) is 6.92 Å². The molecule has 2 rings (SSSR count). The van der Waals surface area contributed by atoms with Crippen molar-refractivity contribution in [3.63, 3.8) is 0 Å². The lowest BCUT2D eigenvalue weighted by atomic mass is 10.0. The maximum atomic E-state index is 13.2.